The molecule has 15 heavy (non-hydrogen) atoms. The predicted molar refractivity (Wildman–Crippen MR) is 52.7 cm³/mol. The molecule has 0 bridgehead atoms. The summed E-state index contributed by atoms with van der Waals surface area (Å²) in [7, 11) is 0. The van der Waals surface area contributed by atoms with Crippen LogP contribution in [0.1, 0.15) is 37.6 Å². The molecule has 0 spiro atoms. The van der Waals surface area contributed by atoms with Gasteiger partial charge in [-0.15, -0.1) is 0 Å². The molecule has 1 nitrogen and oxygen atoms in total. The van der Waals surface area contributed by atoms with E-state index in [9.17, 15) is 13.2 Å². The summed E-state index contributed by atoms with van der Waals surface area (Å²) in [5.74, 6) is 0. The van der Waals surface area contributed by atoms with Gasteiger partial charge in [0.25, 0.3) is 0 Å². The summed E-state index contributed by atoms with van der Waals surface area (Å²) in [6, 6.07) is 1.61. The van der Waals surface area contributed by atoms with Crippen molar-refractivity contribution in [2.75, 3.05) is 0 Å². The molecule has 1 aromatic rings. The molecule has 4 heteroatoms. The molecule has 0 amide bonds. The van der Waals surface area contributed by atoms with E-state index in [1.807, 2.05) is 0 Å². The normalized spacial score (nSPS) is 13.0. The number of hydrogen-bond acceptors (Lipinski definition) is 1. The largest absolute Gasteiger partial charge is 0.433 e. The Morgan fingerprint density at radius 2 is 1.67 bits per heavy atom. The fourth-order valence-corrected chi connectivity index (χ4v) is 1.72. The Kier molecular flexibility index (Phi) is 2.81. The van der Waals surface area contributed by atoms with Gasteiger partial charge in [-0.1, -0.05) is 20.8 Å². The second kappa shape index (κ2) is 3.51. The number of halogens is 3. The maximum Gasteiger partial charge on any atom is 0.433 e. The molecule has 0 aliphatic heterocycles. The van der Waals surface area contributed by atoms with E-state index in [0.717, 1.165) is 0 Å². The first-order chi connectivity index (χ1) is 6.64. The quantitative estimate of drug-likeness (QED) is 0.645. The number of alkyl halides is 3. The highest BCUT2D eigenvalue weighted by molar-refractivity contribution is 5.36. The number of rotatable bonds is 0. The summed E-state index contributed by atoms with van der Waals surface area (Å²) < 4.78 is 38.1. The van der Waals surface area contributed by atoms with Crippen LogP contribution in [-0.2, 0) is 11.6 Å². The summed E-state index contributed by atoms with van der Waals surface area (Å²) in [4.78, 5) is 3.45. The number of aromatic nitrogens is 1. The van der Waals surface area contributed by atoms with Crippen molar-refractivity contribution < 1.29 is 13.2 Å². The number of nitrogens with zero attached hydrogens (tertiary/aromatic N) is 1. The monoisotopic (exact) mass is 217 g/mol. The molecule has 1 aromatic heterocycles. The van der Waals surface area contributed by atoms with Gasteiger partial charge in [0, 0.05) is 6.20 Å². The topological polar surface area (TPSA) is 12.9 Å². The minimum absolute atomic E-state index is 0.275. The smallest absolute Gasteiger partial charge is 0.251 e. The van der Waals surface area contributed by atoms with Gasteiger partial charge in [-0.25, -0.2) is 0 Å². The van der Waals surface area contributed by atoms with Crippen LogP contribution in [0, 0.1) is 6.92 Å². The summed E-state index contributed by atoms with van der Waals surface area (Å²) >= 11 is 0. The fraction of sp³-hybridized carbons (Fsp3) is 0.545. The molecule has 0 unspecified atom stereocenters. The molecule has 0 aromatic carbocycles. The standard InChI is InChI=1S/C11H14F3N/c1-7-5-6-15-9(11(12,13)14)8(7)10(2,3)4/h5-6H,1-4H3. The van der Waals surface area contributed by atoms with Crippen molar-refractivity contribution in [2.24, 2.45) is 0 Å². The van der Waals surface area contributed by atoms with E-state index in [0.29, 0.717) is 5.56 Å². The summed E-state index contributed by atoms with van der Waals surface area (Å²) in [6.07, 6.45) is -3.18. The third-order valence-corrected chi connectivity index (χ3v) is 2.18. The highest BCUT2D eigenvalue weighted by atomic mass is 19.4. The Bertz CT molecular complexity index is 361. The SMILES string of the molecule is Cc1ccnc(C(F)(F)F)c1C(C)(C)C. The van der Waals surface area contributed by atoms with E-state index in [1.165, 1.54) is 6.20 Å². The Balaban J connectivity index is 3.48. The van der Waals surface area contributed by atoms with Crippen molar-refractivity contribution in [2.45, 2.75) is 39.3 Å². The van der Waals surface area contributed by atoms with Crippen LogP contribution in [0.25, 0.3) is 0 Å². The van der Waals surface area contributed by atoms with Gasteiger partial charge in [0.15, 0.2) is 0 Å². The first kappa shape index (κ1) is 12.0. The molecule has 1 rings (SSSR count). The summed E-state index contributed by atoms with van der Waals surface area (Å²) in [6.45, 7) is 6.95. The Morgan fingerprint density at radius 3 is 2.00 bits per heavy atom. The number of hydrogen-bond donors (Lipinski definition) is 0. The van der Waals surface area contributed by atoms with Crippen molar-refractivity contribution in [3.05, 3.63) is 29.1 Å². The second-order valence-electron chi connectivity index (χ2n) is 4.60. The van der Waals surface area contributed by atoms with Gasteiger partial charge in [-0.05, 0) is 29.5 Å². The minimum atomic E-state index is -4.38. The van der Waals surface area contributed by atoms with Gasteiger partial charge in [-0.2, -0.15) is 13.2 Å². The van der Waals surface area contributed by atoms with Gasteiger partial charge in [0.1, 0.15) is 5.69 Å². The van der Waals surface area contributed by atoms with Crippen molar-refractivity contribution in [3.8, 4) is 0 Å². The Hall–Kier alpha value is -1.06. The maximum atomic E-state index is 12.7. The Labute approximate surface area is 87.3 Å². The fourth-order valence-electron chi connectivity index (χ4n) is 1.72. The molecule has 0 fully saturated rings. The van der Waals surface area contributed by atoms with E-state index in [2.05, 4.69) is 4.98 Å². The predicted octanol–water partition coefficient (Wildman–Crippen LogP) is 3.71. The van der Waals surface area contributed by atoms with Gasteiger partial charge >= 0.3 is 6.18 Å². The molecular weight excluding hydrogens is 203 g/mol. The van der Waals surface area contributed by atoms with Crippen LogP contribution in [-0.4, -0.2) is 4.98 Å². The Morgan fingerprint density at radius 1 is 1.13 bits per heavy atom. The number of aryl methyl sites for hydroxylation is 1. The van der Waals surface area contributed by atoms with E-state index < -0.39 is 17.3 Å². The van der Waals surface area contributed by atoms with E-state index in [4.69, 9.17) is 0 Å². The molecule has 0 saturated heterocycles. The molecule has 0 aliphatic carbocycles. The molecule has 0 atom stereocenters. The van der Waals surface area contributed by atoms with Gasteiger partial charge in [0.05, 0.1) is 0 Å². The van der Waals surface area contributed by atoms with Gasteiger partial charge < -0.3 is 0 Å². The molecule has 0 N–H and O–H groups in total. The lowest BCUT2D eigenvalue weighted by Gasteiger charge is -2.25. The van der Waals surface area contributed by atoms with Crippen LogP contribution in [0.3, 0.4) is 0 Å². The van der Waals surface area contributed by atoms with Crippen LogP contribution in [0.15, 0.2) is 12.3 Å². The molecule has 84 valence electrons. The number of pyridine rings is 1. The first-order valence-electron chi connectivity index (χ1n) is 4.67. The molecule has 0 radical (unpaired) electrons. The van der Waals surface area contributed by atoms with Gasteiger partial charge in [0.2, 0.25) is 0 Å². The maximum absolute atomic E-state index is 12.7. The van der Waals surface area contributed by atoms with Crippen molar-refractivity contribution in [1.82, 2.24) is 4.98 Å². The van der Waals surface area contributed by atoms with Crippen LogP contribution in [0.5, 0.6) is 0 Å². The zero-order valence-corrected chi connectivity index (χ0v) is 9.24. The van der Waals surface area contributed by atoms with E-state index >= 15 is 0 Å². The highest BCUT2D eigenvalue weighted by Gasteiger charge is 2.38. The average molecular weight is 217 g/mol. The molecule has 1 heterocycles. The van der Waals surface area contributed by atoms with Gasteiger partial charge in [-0.3, -0.25) is 4.98 Å². The minimum Gasteiger partial charge on any atom is -0.251 e. The third-order valence-electron chi connectivity index (χ3n) is 2.18. The van der Waals surface area contributed by atoms with Crippen molar-refractivity contribution in [3.63, 3.8) is 0 Å². The lowest BCUT2D eigenvalue weighted by molar-refractivity contribution is -0.142. The first-order valence-corrected chi connectivity index (χ1v) is 4.67. The second-order valence-corrected chi connectivity index (χ2v) is 4.60. The van der Waals surface area contributed by atoms with E-state index in [-0.39, 0.29) is 5.56 Å². The van der Waals surface area contributed by atoms with Crippen LogP contribution < -0.4 is 0 Å². The van der Waals surface area contributed by atoms with Crippen molar-refractivity contribution in [1.29, 1.82) is 0 Å². The van der Waals surface area contributed by atoms with Crippen molar-refractivity contribution >= 4 is 0 Å². The van der Waals surface area contributed by atoms with E-state index in [1.54, 1.807) is 33.8 Å². The third kappa shape index (κ3) is 2.49. The lowest BCUT2D eigenvalue weighted by atomic mass is 9.83. The summed E-state index contributed by atoms with van der Waals surface area (Å²) in [5.41, 5.74) is -0.416. The molecular formula is C11H14F3N. The van der Waals surface area contributed by atoms with Crippen LogP contribution in [0.4, 0.5) is 13.2 Å². The van der Waals surface area contributed by atoms with Crippen LogP contribution >= 0.6 is 0 Å². The highest BCUT2D eigenvalue weighted by Crippen LogP contribution is 2.37. The average Bonchev–Trinajstić information content (AvgIpc) is 1.99. The zero-order valence-electron chi connectivity index (χ0n) is 9.24. The lowest BCUT2D eigenvalue weighted by Crippen LogP contribution is -2.22. The molecule has 0 saturated carbocycles. The zero-order chi connectivity index (χ0) is 11.9. The molecule has 0 aliphatic rings. The summed E-state index contributed by atoms with van der Waals surface area (Å²) in [5, 5.41) is 0. The van der Waals surface area contributed by atoms with Crippen LogP contribution in [0.2, 0.25) is 0 Å².